The van der Waals surface area contributed by atoms with Gasteiger partial charge >= 0.3 is 5.97 Å². The van der Waals surface area contributed by atoms with Gasteiger partial charge in [0.15, 0.2) is 23.9 Å². The first-order chi connectivity index (χ1) is 18.7. The van der Waals surface area contributed by atoms with Gasteiger partial charge in [-0.05, 0) is 67.3 Å². The Kier molecular flexibility index (Phi) is 8.29. The smallest absolute Gasteiger partial charge is 0.341 e. The number of hydrogen-bond acceptors (Lipinski definition) is 7. The minimum atomic E-state index is -1.13. The zero-order chi connectivity index (χ0) is 28.1. The van der Waals surface area contributed by atoms with E-state index in [9.17, 15) is 9.59 Å². The summed E-state index contributed by atoms with van der Waals surface area (Å²) < 4.78 is 18.0. The molecule has 1 heterocycles. The van der Waals surface area contributed by atoms with Gasteiger partial charge in [0.05, 0.1) is 30.8 Å². The summed E-state index contributed by atoms with van der Waals surface area (Å²) in [6.45, 7) is 8.02. The lowest BCUT2D eigenvalue weighted by Crippen LogP contribution is -2.21. The van der Waals surface area contributed by atoms with E-state index in [0.29, 0.717) is 34.6 Å². The molecule has 0 aliphatic carbocycles. The Bertz CT molecular complexity index is 1610. The number of carboxylic acid groups (broad SMARTS) is 1. The second-order valence-electron chi connectivity index (χ2n) is 9.17. The summed E-state index contributed by atoms with van der Waals surface area (Å²) in [7, 11) is 1.46. The SMILES string of the molecule is CCOc1cc(C)c(-c2nc3ccccc3c(=O)n2N=Cc2cccc(OC)c2OCC(=O)O)cc1C(C)C. The second-order valence-corrected chi connectivity index (χ2v) is 9.17. The maximum absolute atomic E-state index is 13.7. The van der Waals surface area contributed by atoms with E-state index in [-0.39, 0.29) is 17.2 Å². The number of ether oxygens (including phenoxy) is 3. The number of fused-ring (bicyclic) bond motifs is 1. The Morgan fingerprint density at radius 3 is 2.56 bits per heavy atom. The molecule has 0 unspecified atom stereocenters. The highest BCUT2D eigenvalue weighted by Crippen LogP contribution is 2.34. The minimum Gasteiger partial charge on any atom is -0.494 e. The predicted molar refractivity (Wildman–Crippen MR) is 151 cm³/mol. The van der Waals surface area contributed by atoms with E-state index in [0.717, 1.165) is 22.4 Å². The zero-order valence-corrected chi connectivity index (χ0v) is 22.6. The highest BCUT2D eigenvalue weighted by atomic mass is 16.5. The third-order valence-electron chi connectivity index (χ3n) is 6.15. The molecule has 0 bridgehead atoms. The highest BCUT2D eigenvalue weighted by Gasteiger charge is 2.19. The fraction of sp³-hybridized carbons (Fsp3) is 0.267. The average Bonchev–Trinajstić information content (AvgIpc) is 2.91. The van der Waals surface area contributed by atoms with Gasteiger partial charge in [-0.15, -0.1) is 0 Å². The van der Waals surface area contributed by atoms with Crippen molar-refractivity contribution in [1.82, 2.24) is 9.66 Å². The first-order valence-corrected chi connectivity index (χ1v) is 12.6. The number of aromatic nitrogens is 2. The quantitative estimate of drug-likeness (QED) is 0.279. The van der Waals surface area contributed by atoms with E-state index < -0.39 is 12.6 Å². The van der Waals surface area contributed by atoms with Crippen LogP contribution in [0.4, 0.5) is 0 Å². The molecule has 0 amide bonds. The Hall–Kier alpha value is -4.66. The van der Waals surface area contributed by atoms with E-state index in [1.165, 1.54) is 18.0 Å². The maximum Gasteiger partial charge on any atom is 0.341 e. The predicted octanol–water partition coefficient (Wildman–Crippen LogP) is 5.25. The third kappa shape index (κ3) is 5.77. The van der Waals surface area contributed by atoms with Crippen LogP contribution >= 0.6 is 0 Å². The largest absolute Gasteiger partial charge is 0.494 e. The number of aliphatic carboxylic acids is 1. The summed E-state index contributed by atoms with van der Waals surface area (Å²) in [6.07, 6.45) is 1.44. The van der Waals surface area contributed by atoms with E-state index in [1.54, 1.807) is 36.4 Å². The number of carboxylic acids is 1. The van der Waals surface area contributed by atoms with Crippen LogP contribution in [-0.2, 0) is 4.79 Å². The summed E-state index contributed by atoms with van der Waals surface area (Å²) in [4.78, 5) is 29.7. The van der Waals surface area contributed by atoms with Crippen molar-refractivity contribution in [2.24, 2.45) is 5.10 Å². The molecular weight excluding hydrogens is 498 g/mol. The number of para-hydroxylation sites is 2. The van der Waals surface area contributed by atoms with Crippen molar-refractivity contribution in [3.8, 4) is 28.6 Å². The number of nitrogens with zero attached hydrogens (tertiary/aromatic N) is 3. The van der Waals surface area contributed by atoms with Crippen molar-refractivity contribution in [2.75, 3.05) is 20.3 Å². The van der Waals surface area contributed by atoms with E-state index in [1.807, 2.05) is 32.0 Å². The Morgan fingerprint density at radius 2 is 1.87 bits per heavy atom. The number of aryl methyl sites for hydroxylation is 1. The maximum atomic E-state index is 13.7. The van der Waals surface area contributed by atoms with Crippen molar-refractivity contribution in [3.63, 3.8) is 0 Å². The van der Waals surface area contributed by atoms with Gasteiger partial charge in [-0.2, -0.15) is 9.78 Å². The molecular formula is C30H31N3O6. The first kappa shape index (κ1) is 27.4. The van der Waals surface area contributed by atoms with E-state index >= 15 is 0 Å². The monoisotopic (exact) mass is 529 g/mol. The van der Waals surface area contributed by atoms with E-state index in [4.69, 9.17) is 24.3 Å². The topological polar surface area (TPSA) is 112 Å². The molecule has 0 saturated heterocycles. The van der Waals surface area contributed by atoms with Gasteiger partial charge in [-0.25, -0.2) is 9.78 Å². The molecule has 1 N–H and O–H groups in total. The molecule has 202 valence electrons. The van der Waals surface area contributed by atoms with Gasteiger partial charge in [0.25, 0.3) is 5.56 Å². The summed E-state index contributed by atoms with van der Waals surface area (Å²) >= 11 is 0. The molecule has 0 radical (unpaired) electrons. The van der Waals surface area contributed by atoms with Crippen LogP contribution in [0, 0.1) is 6.92 Å². The van der Waals surface area contributed by atoms with Crippen molar-refractivity contribution in [3.05, 3.63) is 81.6 Å². The first-order valence-electron chi connectivity index (χ1n) is 12.6. The molecule has 0 atom stereocenters. The van der Waals surface area contributed by atoms with Crippen LogP contribution in [0.25, 0.3) is 22.3 Å². The standard InChI is InChI=1S/C30H31N3O6/c1-6-38-26-14-19(4)23(15-22(26)18(2)3)29-32-24-12-8-7-11-21(24)30(36)33(29)31-16-20-10-9-13-25(37-5)28(20)39-17-27(34)35/h7-16,18H,6,17H2,1-5H3,(H,34,35). The van der Waals surface area contributed by atoms with Crippen LogP contribution in [0.15, 0.2) is 64.5 Å². The Balaban J connectivity index is 1.95. The van der Waals surface area contributed by atoms with Crippen molar-refractivity contribution < 1.29 is 24.1 Å². The minimum absolute atomic E-state index is 0.167. The second kappa shape index (κ2) is 11.8. The van der Waals surface area contributed by atoms with Gasteiger partial charge in [0.2, 0.25) is 0 Å². The van der Waals surface area contributed by atoms with Crippen LogP contribution < -0.4 is 19.8 Å². The van der Waals surface area contributed by atoms with Gasteiger partial charge in [0.1, 0.15) is 5.75 Å². The van der Waals surface area contributed by atoms with Crippen molar-refractivity contribution >= 4 is 23.1 Å². The van der Waals surface area contributed by atoms with Crippen LogP contribution in [0.5, 0.6) is 17.2 Å². The molecule has 9 nitrogen and oxygen atoms in total. The number of hydrogen-bond donors (Lipinski definition) is 1. The number of carbonyl (C=O) groups is 1. The summed E-state index contributed by atoms with van der Waals surface area (Å²) in [6, 6.07) is 16.1. The van der Waals surface area contributed by atoms with Gasteiger partial charge < -0.3 is 19.3 Å². The molecule has 0 aliphatic rings. The van der Waals surface area contributed by atoms with Crippen molar-refractivity contribution in [1.29, 1.82) is 0 Å². The molecule has 39 heavy (non-hydrogen) atoms. The third-order valence-corrected chi connectivity index (χ3v) is 6.15. The summed E-state index contributed by atoms with van der Waals surface area (Å²) in [5.74, 6) is 0.743. The van der Waals surface area contributed by atoms with Crippen LogP contribution in [0.2, 0.25) is 0 Å². The number of rotatable bonds is 10. The summed E-state index contributed by atoms with van der Waals surface area (Å²) in [5.41, 5.74) is 3.26. The van der Waals surface area contributed by atoms with Gasteiger partial charge in [0, 0.05) is 11.1 Å². The highest BCUT2D eigenvalue weighted by molar-refractivity contribution is 5.86. The van der Waals surface area contributed by atoms with Gasteiger partial charge in [-0.3, -0.25) is 4.79 Å². The average molecular weight is 530 g/mol. The molecule has 0 aliphatic heterocycles. The van der Waals surface area contributed by atoms with Crippen LogP contribution in [0.3, 0.4) is 0 Å². The van der Waals surface area contributed by atoms with Crippen LogP contribution in [0.1, 0.15) is 43.4 Å². The Morgan fingerprint density at radius 1 is 1.10 bits per heavy atom. The number of methoxy groups -OCH3 is 1. The van der Waals surface area contributed by atoms with Gasteiger partial charge in [-0.1, -0.05) is 32.0 Å². The normalized spacial score (nSPS) is 11.3. The lowest BCUT2D eigenvalue weighted by atomic mass is 9.96. The van der Waals surface area contributed by atoms with E-state index in [2.05, 4.69) is 18.9 Å². The van der Waals surface area contributed by atoms with Crippen LogP contribution in [-0.4, -0.2) is 47.3 Å². The summed E-state index contributed by atoms with van der Waals surface area (Å²) in [5, 5.41) is 14.1. The molecule has 1 aromatic heterocycles. The fourth-order valence-electron chi connectivity index (χ4n) is 4.28. The molecule has 0 spiro atoms. The Labute approximate surface area is 226 Å². The molecule has 4 rings (SSSR count). The lowest BCUT2D eigenvalue weighted by molar-refractivity contribution is -0.139. The molecule has 0 saturated carbocycles. The molecule has 3 aromatic carbocycles. The number of benzene rings is 3. The zero-order valence-electron chi connectivity index (χ0n) is 22.6. The fourth-order valence-corrected chi connectivity index (χ4v) is 4.28. The molecule has 4 aromatic rings. The molecule has 9 heteroatoms. The lowest BCUT2D eigenvalue weighted by Gasteiger charge is -2.18. The van der Waals surface area contributed by atoms with Crippen molar-refractivity contribution in [2.45, 2.75) is 33.6 Å². The molecule has 0 fully saturated rings.